The first kappa shape index (κ1) is 25.4. The lowest BCUT2D eigenvalue weighted by molar-refractivity contribution is -0.165. The van der Waals surface area contributed by atoms with Gasteiger partial charge in [0.25, 0.3) is 0 Å². The fourth-order valence-electron chi connectivity index (χ4n) is 4.08. The number of ether oxygens (including phenoxy) is 1. The third kappa shape index (κ3) is 4.95. The van der Waals surface area contributed by atoms with Gasteiger partial charge in [-0.25, -0.2) is 14.4 Å². The van der Waals surface area contributed by atoms with Crippen LogP contribution in [0.15, 0.2) is 47.2 Å². The minimum atomic E-state index is -4.46. The van der Waals surface area contributed by atoms with E-state index < -0.39 is 23.3 Å². The molecule has 13 heteroatoms. The molecule has 0 aliphatic heterocycles. The van der Waals surface area contributed by atoms with Crippen LogP contribution in [0.4, 0.5) is 23.4 Å². The lowest BCUT2D eigenvalue weighted by Crippen LogP contribution is -2.28. The SMILES string of the molecule is COc1cc(Cc2ncc(-c3ccc(CC(=O)Nc4cc(C5(C(F)(F)F)CC5)on4)c(F)c3)cn2)n(C)n1. The molecule has 1 aromatic carbocycles. The summed E-state index contributed by atoms with van der Waals surface area (Å²) in [6.07, 6.45) is -1.41. The Balaban J connectivity index is 1.21. The number of rotatable bonds is 8. The van der Waals surface area contributed by atoms with Crippen LogP contribution in [0.1, 0.15) is 35.7 Å². The molecule has 0 bridgehead atoms. The largest absolute Gasteiger partial charge is 0.480 e. The van der Waals surface area contributed by atoms with Crippen molar-refractivity contribution in [3.63, 3.8) is 0 Å². The van der Waals surface area contributed by atoms with Crippen LogP contribution in [0.2, 0.25) is 0 Å². The monoisotopic (exact) mass is 530 g/mol. The highest BCUT2D eigenvalue weighted by Crippen LogP contribution is 2.59. The second kappa shape index (κ2) is 9.54. The molecule has 1 aliphatic carbocycles. The lowest BCUT2D eigenvalue weighted by atomic mass is 10.0. The molecule has 1 N–H and O–H groups in total. The Hall–Kier alpha value is -4.29. The average molecular weight is 530 g/mol. The maximum atomic E-state index is 14.8. The fourth-order valence-corrected chi connectivity index (χ4v) is 4.08. The highest BCUT2D eigenvalue weighted by atomic mass is 19.4. The first-order chi connectivity index (χ1) is 18.1. The minimum absolute atomic E-state index is 0.0932. The van der Waals surface area contributed by atoms with Crippen molar-refractivity contribution in [1.82, 2.24) is 24.9 Å². The number of nitrogens with zero attached hydrogens (tertiary/aromatic N) is 5. The Morgan fingerprint density at radius 2 is 1.89 bits per heavy atom. The van der Waals surface area contributed by atoms with Crippen LogP contribution < -0.4 is 10.1 Å². The number of methoxy groups -OCH3 is 1. The molecular weight excluding hydrogens is 508 g/mol. The van der Waals surface area contributed by atoms with Crippen molar-refractivity contribution in [2.24, 2.45) is 7.05 Å². The standard InChI is InChI=1S/C25H22F4N6O3/c1-35-17(10-23(33-35)37-2)9-20-30-12-16(13-31-20)14-3-4-15(18(26)7-14)8-22(36)32-21-11-19(38-34-21)24(5-6-24)25(27,28)29/h3-4,7,10-13H,5-6,8-9H2,1-2H3,(H,32,34,36). The van der Waals surface area contributed by atoms with Gasteiger partial charge >= 0.3 is 6.18 Å². The lowest BCUT2D eigenvalue weighted by Gasteiger charge is -2.14. The van der Waals surface area contributed by atoms with Crippen LogP contribution in [-0.4, -0.2) is 44.1 Å². The molecule has 0 unspecified atom stereocenters. The van der Waals surface area contributed by atoms with Crippen LogP contribution in [-0.2, 0) is 30.1 Å². The number of hydrogen-bond acceptors (Lipinski definition) is 7. The van der Waals surface area contributed by atoms with Crippen molar-refractivity contribution in [2.75, 3.05) is 12.4 Å². The van der Waals surface area contributed by atoms with E-state index in [1.807, 2.05) is 0 Å². The van der Waals surface area contributed by atoms with Crippen LogP contribution in [0.25, 0.3) is 11.1 Å². The van der Waals surface area contributed by atoms with E-state index in [4.69, 9.17) is 9.26 Å². The van der Waals surface area contributed by atoms with Gasteiger partial charge in [-0.3, -0.25) is 9.48 Å². The predicted molar refractivity (Wildman–Crippen MR) is 126 cm³/mol. The van der Waals surface area contributed by atoms with Crippen LogP contribution in [0, 0.1) is 5.82 Å². The predicted octanol–water partition coefficient (Wildman–Crippen LogP) is 4.38. The van der Waals surface area contributed by atoms with E-state index in [1.165, 1.54) is 19.2 Å². The van der Waals surface area contributed by atoms with Crippen molar-refractivity contribution in [1.29, 1.82) is 0 Å². The molecule has 0 atom stereocenters. The molecule has 198 valence electrons. The summed E-state index contributed by atoms with van der Waals surface area (Å²) in [5, 5.41) is 10.1. The molecule has 3 heterocycles. The summed E-state index contributed by atoms with van der Waals surface area (Å²) in [6.45, 7) is 0. The molecule has 38 heavy (non-hydrogen) atoms. The molecular formula is C25H22F4N6O3. The Labute approximate surface area is 213 Å². The van der Waals surface area contributed by atoms with Crippen LogP contribution in [0.3, 0.4) is 0 Å². The van der Waals surface area contributed by atoms with Gasteiger partial charge in [-0.15, -0.1) is 5.10 Å². The van der Waals surface area contributed by atoms with E-state index >= 15 is 0 Å². The van der Waals surface area contributed by atoms with E-state index in [2.05, 4.69) is 25.5 Å². The first-order valence-electron chi connectivity index (χ1n) is 11.6. The third-order valence-electron chi connectivity index (χ3n) is 6.49. The highest BCUT2D eigenvalue weighted by molar-refractivity contribution is 5.91. The summed E-state index contributed by atoms with van der Waals surface area (Å²) in [5.74, 6) is -0.732. The van der Waals surface area contributed by atoms with Gasteiger partial charge in [-0.1, -0.05) is 17.3 Å². The smallest absolute Gasteiger partial charge is 0.401 e. The zero-order chi connectivity index (χ0) is 27.1. The van der Waals surface area contributed by atoms with Crippen LogP contribution in [0.5, 0.6) is 5.88 Å². The second-order valence-corrected chi connectivity index (χ2v) is 9.05. The Morgan fingerprint density at radius 1 is 1.16 bits per heavy atom. The normalized spacial score (nSPS) is 14.4. The summed E-state index contributed by atoms with van der Waals surface area (Å²) in [6, 6.07) is 7.20. The van der Waals surface area contributed by atoms with Crippen molar-refractivity contribution in [3.05, 3.63) is 71.4 Å². The molecule has 0 saturated heterocycles. The zero-order valence-corrected chi connectivity index (χ0v) is 20.3. The van der Waals surface area contributed by atoms with Crippen molar-refractivity contribution >= 4 is 11.7 Å². The van der Waals surface area contributed by atoms with Gasteiger partial charge in [-0.2, -0.15) is 13.2 Å². The Morgan fingerprint density at radius 3 is 2.50 bits per heavy atom. The van der Waals surface area contributed by atoms with Gasteiger partial charge in [0.1, 0.15) is 17.1 Å². The Kier molecular flexibility index (Phi) is 6.37. The number of anilines is 1. The topological polar surface area (TPSA) is 108 Å². The van der Waals surface area contributed by atoms with Gasteiger partial charge < -0.3 is 14.6 Å². The van der Waals surface area contributed by atoms with E-state index in [0.29, 0.717) is 29.3 Å². The molecule has 1 amide bonds. The number of alkyl halides is 3. The number of carbonyl (C=O) groups is 1. The summed E-state index contributed by atoms with van der Waals surface area (Å²) in [4.78, 5) is 21.1. The van der Waals surface area contributed by atoms with E-state index in [1.54, 1.807) is 36.3 Å². The molecule has 0 radical (unpaired) electrons. The maximum Gasteiger partial charge on any atom is 0.401 e. The van der Waals surface area contributed by atoms with Gasteiger partial charge in [0.2, 0.25) is 11.8 Å². The van der Waals surface area contributed by atoms with Gasteiger partial charge in [-0.05, 0) is 30.0 Å². The molecule has 1 aliphatic rings. The summed E-state index contributed by atoms with van der Waals surface area (Å²) in [7, 11) is 3.32. The molecule has 9 nitrogen and oxygen atoms in total. The molecule has 4 aromatic rings. The first-order valence-corrected chi connectivity index (χ1v) is 11.6. The Bertz CT molecular complexity index is 1480. The average Bonchev–Trinajstić information content (AvgIpc) is 3.46. The summed E-state index contributed by atoms with van der Waals surface area (Å²) in [5.41, 5.74) is 0.0199. The number of nitrogens with one attached hydrogen (secondary N) is 1. The van der Waals surface area contributed by atoms with Crippen LogP contribution >= 0.6 is 0 Å². The van der Waals surface area contributed by atoms with E-state index in [9.17, 15) is 22.4 Å². The zero-order valence-electron chi connectivity index (χ0n) is 20.3. The number of aryl methyl sites for hydroxylation is 1. The second-order valence-electron chi connectivity index (χ2n) is 9.05. The third-order valence-corrected chi connectivity index (χ3v) is 6.49. The number of hydrogen-bond donors (Lipinski definition) is 1. The van der Waals surface area contributed by atoms with E-state index in [-0.39, 0.29) is 36.4 Å². The number of amides is 1. The van der Waals surface area contributed by atoms with Gasteiger partial charge in [0, 0.05) is 49.3 Å². The summed E-state index contributed by atoms with van der Waals surface area (Å²) < 4.78 is 66.1. The highest BCUT2D eigenvalue weighted by Gasteiger charge is 2.66. The van der Waals surface area contributed by atoms with Gasteiger partial charge in [0.05, 0.1) is 13.5 Å². The maximum absolute atomic E-state index is 14.8. The number of carbonyl (C=O) groups excluding carboxylic acids is 1. The number of halogens is 4. The molecule has 0 spiro atoms. The molecule has 1 saturated carbocycles. The van der Waals surface area contributed by atoms with E-state index in [0.717, 1.165) is 11.8 Å². The molecule has 1 fully saturated rings. The molecule has 5 rings (SSSR count). The fraction of sp³-hybridized carbons (Fsp3) is 0.320. The number of aromatic nitrogens is 5. The van der Waals surface area contributed by atoms with Crippen molar-refractivity contribution in [2.45, 2.75) is 37.3 Å². The van der Waals surface area contributed by atoms with Gasteiger partial charge in [0.15, 0.2) is 11.6 Å². The quantitative estimate of drug-likeness (QED) is 0.337. The van der Waals surface area contributed by atoms with Crippen molar-refractivity contribution in [3.8, 4) is 17.0 Å². The molecule has 3 aromatic heterocycles. The number of benzene rings is 1. The minimum Gasteiger partial charge on any atom is -0.480 e. The summed E-state index contributed by atoms with van der Waals surface area (Å²) >= 11 is 0. The van der Waals surface area contributed by atoms with Crippen molar-refractivity contribution < 1.29 is 31.6 Å².